The van der Waals surface area contributed by atoms with E-state index in [1.807, 2.05) is 0 Å². The predicted molar refractivity (Wildman–Crippen MR) is 76.5 cm³/mol. The summed E-state index contributed by atoms with van der Waals surface area (Å²) < 4.78 is 16.5. The highest BCUT2D eigenvalue weighted by Gasteiger charge is 2.16. The number of fused-ring (bicyclic) bond motifs is 1. The Hall–Kier alpha value is -2.54. The van der Waals surface area contributed by atoms with Gasteiger partial charge in [0.05, 0.1) is 5.56 Å². The summed E-state index contributed by atoms with van der Waals surface area (Å²) in [5.41, 5.74) is 3.42. The monoisotopic (exact) mass is 288 g/mol. The summed E-state index contributed by atoms with van der Waals surface area (Å²) in [7, 11) is 0. The normalized spacial score (nSPS) is 12.3. The number of hydrogen-bond donors (Lipinski definition) is 2. The molecule has 21 heavy (non-hydrogen) atoms. The first kappa shape index (κ1) is 13.4. The Labute approximate surface area is 122 Å². The molecule has 1 aromatic carbocycles. The van der Waals surface area contributed by atoms with Gasteiger partial charge in [-0.15, -0.1) is 0 Å². The highest BCUT2D eigenvalue weighted by atomic mass is 16.7. The van der Waals surface area contributed by atoms with Crippen LogP contribution < -0.4 is 25.5 Å². The Morgan fingerprint density at radius 1 is 1.29 bits per heavy atom. The van der Waals surface area contributed by atoms with Gasteiger partial charge in [0.15, 0.2) is 11.5 Å². The minimum Gasteiger partial charge on any atom is -0.454 e. The van der Waals surface area contributed by atoms with Gasteiger partial charge < -0.3 is 19.6 Å². The number of nitrogens with one attached hydrogen (secondary N) is 1. The molecule has 0 unspecified atom stereocenters. The van der Waals surface area contributed by atoms with Gasteiger partial charge in [-0.05, 0) is 18.6 Å². The van der Waals surface area contributed by atoms with Gasteiger partial charge in [0.2, 0.25) is 12.7 Å². The molecule has 1 aromatic heterocycles. The zero-order valence-electron chi connectivity index (χ0n) is 11.6. The van der Waals surface area contributed by atoms with Crippen molar-refractivity contribution in [3.63, 3.8) is 0 Å². The number of ether oxygens (including phenoxy) is 3. The van der Waals surface area contributed by atoms with Crippen molar-refractivity contribution in [3.8, 4) is 23.1 Å². The highest BCUT2D eigenvalue weighted by molar-refractivity contribution is 5.51. The zero-order chi connectivity index (χ0) is 14.7. The quantitative estimate of drug-likeness (QED) is 0.644. The Kier molecular flexibility index (Phi) is 3.74. The molecular formula is C14H16N4O3. The van der Waals surface area contributed by atoms with E-state index < -0.39 is 0 Å². The van der Waals surface area contributed by atoms with E-state index in [0.29, 0.717) is 28.9 Å². The molecule has 110 valence electrons. The first-order chi connectivity index (χ1) is 10.3. The van der Waals surface area contributed by atoms with Crippen LogP contribution in [0.1, 0.15) is 18.9 Å². The van der Waals surface area contributed by atoms with Crippen LogP contribution in [0.3, 0.4) is 0 Å². The van der Waals surface area contributed by atoms with Crippen molar-refractivity contribution < 1.29 is 14.2 Å². The van der Waals surface area contributed by atoms with Crippen LogP contribution in [0.5, 0.6) is 23.1 Å². The van der Waals surface area contributed by atoms with Gasteiger partial charge >= 0.3 is 0 Å². The predicted octanol–water partition coefficient (Wildman–Crippen LogP) is 2.24. The molecule has 3 N–H and O–H groups in total. The van der Waals surface area contributed by atoms with Crippen LogP contribution in [0.15, 0.2) is 24.5 Å². The molecular weight excluding hydrogens is 272 g/mol. The molecule has 0 saturated heterocycles. The molecule has 0 amide bonds. The maximum absolute atomic E-state index is 5.85. The fourth-order valence-corrected chi connectivity index (χ4v) is 2.14. The molecule has 7 nitrogen and oxygen atoms in total. The van der Waals surface area contributed by atoms with Gasteiger partial charge in [-0.2, -0.15) is 0 Å². The van der Waals surface area contributed by atoms with Crippen LogP contribution in [-0.2, 0) is 6.42 Å². The van der Waals surface area contributed by atoms with Gasteiger partial charge in [-0.3, -0.25) is 0 Å². The maximum atomic E-state index is 5.85. The molecule has 0 aliphatic carbocycles. The molecule has 2 aromatic rings. The van der Waals surface area contributed by atoms with Gasteiger partial charge in [0.1, 0.15) is 17.9 Å². The van der Waals surface area contributed by atoms with Crippen molar-refractivity contribution in [2.24, 2.45) is 5.84 Å². The molecule has 0 bridgehead atoms. The molecule has 2 heterocycles. The van der Waals surface area contributed by atoms with Gasteiger partial charge in [0.25, 0.3) is 0 Å². The smallest absolute Gasteiger partial charge is 0.231 e. The zero-order valence-corrected chi connectivity index (χ0v) is 11.6. The topological polar surface area (TPSA) is 91.5 Å². The lowest BCUT2D eigenvalue weighted by molar-refractivity contribution is 0.174. The summed E-state index contributed by atoms with van der Waals surface area (Å²) in [6, 6.07) is 5.39. The number of hydrazine groups is 1. The van der Waals surface area contributed by atoms with Crippen LogP contribution in [-0.4, -0.2) is 16.8 Å². The maximum Gasteiger partial charge on any atom is 0.231 e. The summed E-state index contributed by atoms with van der Waals surface area (Å²) in [5, 5.41) is 0. The number of aromatic nitrogens is 2. The highest BCUT2D eigenvalue weighted by Crippen LogP contribution is 2.37. The summed E-state index contributed by atoms with van der Waals surface area (Å²) in [6.45, 7) is 2.30. The number of nitrogens with two attached hydrogens (primary N) is 1. The first-order valence-corrected chi connectivity index (χ1v) is 6.69. The third-order valence-corrected chi connectivity index (χ3v) is 3.10. The van der Waals surface area contributed by atoms with E-state index in [1.54, 1.807) is 18.2 Å². The van der Waals surface area contributed by atoms with E-state index in [4.69, 9.17) is 20.1 Å². The molecule has 0 spiro atoms. The van der Waals surface area contributed by atoms with E-state index in [0.717, 1.165) is 18.4 Å². The standard InChI is InChI=1S/C14H16N4O3/c1-2-3-10-13(18-15)16-7-17-14(10)21-9-4-5-11-12(6-9)20-8-19-11/h4-7H,2-3,8,15H2,1H3,(H,16,17,18). The summed E-state index contributed by atoms with van der Waals surface area (Å²) in [5.74, 6) is 8.54. The summed E-state index contributed by atoms with van der Waals surface area (Å²) in [6.07, 6.45) is 3.11. The number of benzene rings is 1. The van der Waals surface area contributed by atoms with Crippen LogP contribution in [0.4, 0.5) is 5.82 Å². The Balaban J connectivity index is 1.90. The second kappa shape index (κ2) is 5.84. The van der Waals surface area contributed by atoms with E-state index in [-0.39, 0.29) is 6.79 Å². The van der Waals surface area contributed by atoms with Crippen molar-refractivity contribution in [1.82, 2.24) is 9.97 Å². The largest absolute Gasteiger partial charge is 0.454 e. The van der Waals surface area contributed by atoms with Crippen LogP contribution in [0.2, 0.25) is 0 Å². The van der Waals surface area contributed by atoms with Gasteiger partial charge in [0, 0.05) is 6.07 Å². The minimum absolute atomic E-state index is 0.231. The Bertz CT molecular complexity index is 648. The van der Waals surface area contributed by atoms with E-state index in [2.05, 4.69) is 22.3 Å². The average Bonchev–Trinajstić information content (AvgIpc) is 2.96. The molecule has 7 heteroatoms. The number of nitrogen functional groups attached to an aromatic ring is 1. The Morgan fingerprint density at radius 3 is 2.95 bits per heavy atom. The molecule has 0 fully saturated rings. The number of hydrogen-bond acceptors (Lipinski definition) is 7. The minimum atomic E-state index is 0.231. The fourth-order valence-electron chi connectivity index (χ4n) is 2.14. The van der Waals surface area contributed by atoms with Crippen LogP contribution >= 0.6 is 0 Å². The summed E-state index contributed by atoms with van der Waals surface area (Å²) in [4.78, 5) is 8.30. The van der Waals surface area contributed by atoms with Crippen molar-refractivity contribution in [2.75, 3.05) is 12.2 Å². The van der Waals surface area contributed by atoms with E-state index >= 15 is 0 Å². The number of nitrogens with zero attached hydrogens (tertiary/aromatic N) is 2. The molecule has 1 aliphatic rings. The third-order valence-electron chi connectivity index (χ3n) is 3.10. The number of anilines is 1. The lowest BCUT2D eigenvalue weighted by Crippen LogP contribution is -2.12. The molecule has 0 radical (unpaired) electrons. The second-order valence-corrected chi connectivity index (χ2v) is 4.52. The van der Waals surface area contributed by atoms with Crippen molar-refractivity contribution in [1.29, 1.82) is 0 Å². The average molecular weight is 288 g/mol. The second-order valence-electron chi connectivity index (χ2n) is 4.52. The van der Waals surface area contributed by atoms with Crippen LogP contribution in [0, 0.1) is 0 Å². The van der Waals surface area contributed by atoms with Crippen molar-refractivity contribution in [3.05, 3.63) is 30.1 Å². The van der Waals surface area contributed by atoms with Crippen molar-refractivity contribution >= 4 is 5.82 Å². The lowest BCUT2D eigenvalue weighted by atomic mass is 10.2. The molecule has 3 rings (SSSR count). The van der Waals surface area contributed by atoms with E-state index in [1.165, 1.54) is 6.33 Å². The molecule has 0 saturated carbocycles. The number of rotatable bonds is 5. The first-order valence-electron chi connectivity index (χ1n) is 6.69. The van der Waals surface area contributed by atoms with Crippen molar-refractivity contribution in [2.45, 2.75) is 19.8 Å². The summed E-state index contributed by atoms with van der Waals surface area (Å²) >= 11 is 0. The Morgan fingerprint density at radius 2 is 2.14 bits per heavy atom. The van der Waals surface area contributed by atoms with Crippen LogP contribution in [0.25, 0.3) is 0 Å². The SMILES string of the molecule is CCCc1c(NN)ncnc1Oc1ccc2c(c1)OCO2. The van der Waals surface area contributed by atoms with Gasteiger partial charge in [-0.25, -0.2) is 15.8 Å². The molecule has 0 atom stereocenters. The van der Waals surface area contributed by atoms with E-state index in [9.17, 15) is 0 Å². The lowest BCUT2D eigenvalue weighted by Gasteiger charge is -2.12. The molecule has 1 aliphatic heterocycles. The fraction of sp³-hybridized carbons (Fsp3) is 0.286. The van der Waals surface area contributed by atoms with Gasteiger partial charge in [-0.1, -0.05) is 13.3 Å². The third kappa shape index (κ3) is 2.68.